The number of fused-ring (bicyclic) bond motifs is 1. The number of carbonyl (C=O) groups excluding carboxylic acids is 2. The molecule has 1 atom stereocenters. The third kappa shape index (κ3) is 5.08. The van der Waals surface area contributed by atoms with E-state index in [4.69, 9.17) is 9.97 Å². The maximum Gasteiger partial charge on any atom is 0.236 e. The molecule has 0 spiro atoms. The molecule has 0 N–H and O–H groups in total. The summed E-state index contributed by atoms with van der Waals surface area (Å²) < 4.78 is 0. The van der Waals surface area contributed by atoms with Crippen molar-refractivity contribution < 1.29 is 9.59 Å². The Morgan fingerprint density at radius 3 is 2.58 bits per heavy atom. The van der Waals surface area contributed by atoms with Gasteiger partial charge in [-0.1, -0.05) is 19.3 Å². The van der Waals surface area contributed by atoms with Gasteiger partial charge in [-0.15, -0.1) is 0 Å². The summed E-state index contributed by atoms with van der Waals surface area (Å²) in [6.45, 7) is 4.75. The predicted molar refractivity (Wildman–Crippen MR) is 121 cm³/mol. The molecular weight excluding hydrogens is 390 g/mol. The Hall–Kier alpha value is -2.02. The molecule has 1 saturated heterocycles. The van der Waals surface area contributed by atoms with Gasteiger partial charge in [0.15, 0.2) is 0 Å². The van der Waals surface area contributed by atoms with Crippen LogP contribution in [-0.4, -0.2) is 71.9 Å². The van der Waals surface area contributed by atoms with Crippen LogP contribution in [0.3, 0.4) is 0 Å². The molecule has 0 aromatic carbocycles. The van der Waals surface area contributed by atoms with Crippen molar-refractivity contribution in [3.63, 3.8) is 0 Å². The number of piperidine rings is 1. The highest BCUT2D eigenvalue weighted by atomic mass is 16.2. The van der Waals surface area contributed by atoms with Gasteiger partial charge in [-0.3, -0.25) is 14.5 Å². The lowest BCUT2D eigenvalue weighted by atomic mass is 9.88. The highest BCUT2D eigenvalue weighted by Crippen LogP contribution is 2.34. The average Bonchev–Trinajstić information content (AvgIpc) is 2.76. The minimum Gasteiger partial charge on any atom is -0.341 e. The number of anilines is 1. The topological polar surface area (TPSA) is 69.6 Å². The summed E-state index contributed by atoms with van der Waals surface area (Å²) in [6.07, 6.45) is 9.52. The van der Waals surface area contributed by atoms with Crippen LogP contribution < -0.4 is 4.90 Å². The predicted octanol–water partition coefficient (Wildman–Crippen LogP) is 2.91. The van der Waals surface area contributed by atoms with Gasteiger partial charge in [-0.25, -0.2) is 9.97 Å². The van der Waals surface area contributed by atoms with Crippen LogP contribution in [0.4, 0.5) is 5.82 Å². The molecule has 1 aromatic heterocycles. The number of carbonyl (C=O) groups is 2. The molecule has 3 heterocycles. The van der Waals surface area contributed by atoms with Gasteiger partial charge < -0.3 is 9.80 Å². The average molecular weight is 428 g/mol. The van der Waals surface area contributed by atoms with Crippen molar-refractivity contribution >= 4 is 17.6 Å². The van der Waals surface area contributed by atoms with Crippen LogP contribution in [-0.2, 0) is 16.0 Å². The van der Waals surface area contributed by atoms with Gasteiger partial charge in [0, 0.05) is 43.2 Å². The summed E-state index contributed by atoms with van der Waals surface area (Å²) in [5.41, 5.74) is 2.13. The second-order valence-corrected chi connectivity index (χ2v) is 9.89. The number of hydrogen-bond acceptors (Lipinski definition) is 5. The van der Waals surface area contributed by atoms with Crippen LogP contribution in [0.15, 0.2) is 0 Å². The van der Waals surface area contributed by atoms with E-state index >= 15 is 0 Å². The van der Waals surface area contributed by atoms with Crippen LogP contribution >= 0.6 is 0 Å². The molecule has 0 radical (unpaired) electrons. The normalized spacial score (nSPS) is 22.7. The van der Waals surface area contributed by atoms with Crippen molar-refractivity contribution in [2.45, 2.75) is 70.6 Å². The molecule has 3 aliphatic rings. The summed E-state index contributed by atoms with van der Waals surface area (Å²) in [5.74, 6) is 2.74. The number of aromatic nitrogens is 2. The first-order valence-corrected chi connectivity index (χ1v) is 12.0. The van der Waals surface area contributed by atoms with E-state index in [9.17, 15) is 9.59 Å². The Morgan fingerprint density at radius 2 is 1.84 bits per heavy atom. The van der Waals surface area contributed by atoms with Crippen molar-refractivity contribution in [2.75, 3.05) is 45.2 Å². The van der Waals surface area contributed by atoms with Crippen molar-refractivity contribution in [3.05, 3.63) is 17.1 Å². The van der Waals surface area contributed by atoms with E-state index in [1.54, 1.807) is 0 Å². The third-order valence-electron chi connectivity index (χ3n) is 7.11. The number of likely N-dealkylation sites (tertiary alicyclic amines) is 1. The molecule has 1 aliphatic carbocycles. The van der Waals surface area contributed by atoms with Crippen LogP contribution in [0.5, 0.6) is 0 Å². The van der Waals surface area contributed by atoms with Crippen LogP contribution in [0.25, 0.3) is 0 Å². The molecule has 2 amide bonds. The standard InChI is InChI=1S/C24H37N5O2/c1-17-20-11-12-21(30)29(14-18-8-5-4-6-9-18)24(20)26-23(25-17)19-10-7-13-28(15-19)22(31)16-27(2)3/h18-19H,4-16H2,1-3H3/t19-/m1/s1. The number of nitrogens with zero attached hydrogens (tertiary/aromatic N) is 5. The molecule has 7 heteroatoms. The number of amides is 2. The first kappa shape index (κ1) is 22.2. The van der Waals surface area contributed by atoms with E-state index in [1.807, 2.05) is 28.8 Å². The van der Waals surface area contributed by atoms with Gasteiger partial charge in [0.1, 0.15) is 11.6 Å². The van der Waals surface area contributed by atoms with Crippen molar-refractivity contribution in [1.82, 2.24) is 19.8 Å². The quantitative estimate of drug-likeness (QED) is 0.723. The van der Waals surface area contributed by atoms with E-state index in [-0.39, 0.29) is 17.7 Å². The Kier molecular flexibility index (Phi) is 6.89. The number of aryl methyl sites for hydroxylation is 1. The molecule has 4 rings (SSSR count). The minimum absolute atomic E-state index is 0.137. The molecule has 170 valence electrons. The Labute approximate surface area is 186 Å². The summed E-state index contributed by atoms with van der Waals surface area (Å²) in [6, 6.07) is 0. The van der Waals surface area contributed by atoms with E-state index in [0.29, 0.717) is 25.4 Å². The summed E-state index contributed by atoms with van der Waals surface area (Å²) >= 11 is 0. The van der Waals surface area contributed by atoms with Gasteiger partial charge >= 0.3 is 0 Å². The molecule has 2 aliphatic heterocycles. The highest BCUT2D eigenvalue weighted by molar-refractivity contribution is 5.95. The lowest BCUT2D eigenvalue weighted by Crippen LogP contribution is -2.44. The van der Waals surface area contributed by atoms with E-state index in [0.717, 1.165) is 55.3 Å². The van der Waals surface area contributed by atoms with Crippen LogP contribution in [0.1, 0.15) is 74.4 Å². The van der Waals surface area contributed by atoms with Gasteiger partial charge in [-0.05, 0) is 59.0 Å². The van der Waals surface area contributed by atoms with Gasteiger partial charge in [0.2, 0.25) is 11.8 Å². The van der Waals surface area contributed by atoms with Crippen LogP contribution in [0, 0.1) is 12.8 Å². The first-order valence-electron chi connectivity index (χ1n) is 12.0. The fourth-order valence-corrected chi connectivity index (χ4v) is 5.39. The molecule has 2 fully saturated rings. The molecule has 31 heavy (non-hydrogen) atoms. The van der Waals surface area contributed by atoms with Crippen molar-refractivity contribution in [1.29, 1.82) is 0 Å². The van der Waals surface area contributed by atoms with Crippen molar-refractivity contribution in [3.8, 4) is 0 Å². The molecular formula is C24H37N5O2. The zero-order valence-electron chi connectivity index (χ0n) is 19.4. The zero-order chi connectivity index (χ0) is 22.0. The SMILES string of the molecule is Cc1nc([C@@H]2CCCN(C(=O)CN(C)C)C2)nc2c1CCC(=O)N2CC1CCCCC1. The number of likely N-dealkylation sites (N-methyl/N-ethyl adjacent to an activating group) is 1. The van der Waals surface area contributed by atoms with Gasteiger partial charge in [0.05, 0.1) is 6.54 Å². The molecule has 7 nitrogen and oxygen atoms in total. The van der Waals surface area contributed by atoms with E-state index in [1.165, 1.54) is 32.1 Å². The maximum atomic E-state index is 12.9. The third-order valence-corrected chi connectivity index (χ3v) is 7.11. The lowest BCUT2D eigenvalue weighted by molar-refractivity contribution is -0.133. The Morgan fingerprint density at radius 1 is 1.06 bits per heavy atom. The zero-order valence-corrected chi connectivity index (χ0v) is 19.4. The largest absolute Gasteiger partial charge is 0.341 e. The van der Waals surface area contributed by atoms with Gasteiger partial charge in [-0.2, -0.15) is 0 Å². The molecule has 0 bridgehead atoms. The summed E-state index contributed by atoms with van der Waals surface area (Å²) in [5, 5.41) is 0. The Bertz CT molecular complexity index is 818. The summed E-state index contributed by atoms with van der Waals surface area (Å²) in [7, 11) is 3.85. The first-order chi connectivity index (χ1) is 14.9. The highest BCUT2D eigenvalue weighted by Gasteiger charge is 2.33. The Balaban J connectivity index is 1.56. The lowest BCUT2D eigenvalue weighted by Gasteiger charge is -2.35. The second kappa shape index (κ2) is 9.63. The molecule has 1 saturated carbocycles. The second-order valence-electron chi connectivity index (χ2n) is 9.89. The molecule has 1 aromatic rings. The van der Waals surface area contributed by atoms with Gasteiger partial charge in [0.25, 0.3) is 0 Å². The van der Waals surface area contributed by atoms with Crippen LogP contribution in [0.2, 0.25) is 0 Å². The maximum absolute atomic E-state index is 12.9. The van der Waals surface area contributed by atoms with E-state index < -0.39 is 0 Å². The molecule has 0 unspecified atom stereocenters. The fraction of sp³-hybridized carbons (Fsp3) is 0.750. The van der Waals surface area contributed by atoms with E-state index in [2.05, 4.69) is 6.92 Å². The smallest absolute Gasteiger partial charge is 0.236 e. The summed E-state index contributed by atoms with van der Waals surface area (Å²) in [4.78, 5) is 41.2. The minimum atomic E-state index is 0.137. The fourth-order valence-electron chi connectivity index (χ4n) is 5.39. The number of rotatable bonds is 5. The van der Waals surface area contributed by atoms with Crippen molar-refractivity contribution in [2.24, 2.45) is 5.92 Å². The monoisotopic (exact) mass is 427 g/mol. The number of hydrogen-bond donors (Lipinski definition) is 0.